The second-order valence-corrected chi connectivity index (χ2v) is 10.2. The lowest BCUT2D eigenvalue weighted by Crippen LogP contribution is -2.61. The molecule has 1 aromatic rings. The van der Waals surface area contributed by atoms with Crippen LogP contribution in [0.1, 0.15) is 39.7 Å². The Kier molecular flexibility index (Phi) is 3.99. The molecule has 26 heavy (non-hydrogen) atoms. The second kappa shape index (κ2) is 5.60. The molecule has 3 atom stereocenters. The first-order valence-corrected chi connectivity index (χ1v) is 9.84. The highest BCUT2D eigenvalue weighted by Crippen LogP contribution is 2.49. The zero-order chi connectivity index (χ0) is 19.5. The average Bonchev–Trinajstić information content (AvgIpc) is 2.61. The summed E-state index contributed by atoms with van der Waals surface area (Å²) in [5.74, 6) is 0.400. The third-order valence-corrected chi connectivity index (χ3v) is 8.29. The molecule has 2 aliphatic heterocycles. The lowest BCUT2D eigenvalue weighted by Gasteiger charge is -2.44. The van der Waals surface area contributed by atoms with E-state index in [2.05, 4.69) is 10.3 Å². The maximum absolute atomic E-state index is 13.5. The summed E-state index contributed by atoms with van der Waals surface area (Å²) in [5, 5.41) is 10.5. The molecule has 0 aliphatic carbocycles. The van der Waals surface area contributed by atoms with Crippen LogP contribution in [0.25, 0.3) is 0 Å². The van der Waals surface area contributed by atoms with Crippen LogP contribution in [0.2, 0.25) is 0 Å². The van der Waals surface area contributed by atoms with E-state index in [0.29, 0.717) is 17.0 Å². The Labute approximate surface area is 152 Å². The Morgan fingerprint density at radius 3 is 2.65 bits per heavy atom. The van der Waals surface area contributed by atoms with Crippen LogP contribution in [0, 0.1) is 0 Å². The van der Waals surface area contributed by atoms with E-state index in [-0.39, 0.29) is 18.4 Å². The van der Waals surface area contributed by atoms with Gasteiger partial charge in [-0.05, 0) is 45.9 Å². The zero-order valence-corrected chi connectivity index (χ0v) is 15.9. The topological polar surface area (TPSA) is 131 Å². The molecule has 2 aliphatic rings. The van der Waals surface area contributed by atoms with Crippen LogP contribution >= 0.6 is 0 Å². The number of carbonyl (C=O) groups is 1. The SMILES string of the molecule is C[C@H]1C[C@H]2[C@](C)(N=C(NC(=O)O)C(C)(C)S2(=O)=O)c2cc(N)ccc2O1. The maximum atomic E-state index is 13.5. The molecule has 0 unspecified atom stereocenters. The van der Waals surface area contributed by atoms with Crippen LogP contribution in [0.4, 0.5) is 10.5 Å². The number of nitrogen functional groups attached to an aromatic ring is 1. The number of ether oxygens (including phenoxy) is 1. The molecule has 0 bridgehead atoms. The summed E-state index contributed by atoms with van der Waals surface area (Å²) in [7, 11) is -3.80. The third kappa shape index (κ3) is 2.53. The molecule has 0 aromatic heterocycles. The first-order valence-electron chi connectivity index (χ1n) is 8.30. The highest BCUT2D eigenvalue weighted by Gasteiger charge is 2.59. The molecule has 1 amide bonds. The number of rotatable bonds is 0. The van der Waals surface area contributed by atoms with Gasteiger partial charge in [-0.3, -0.25) is 10.3 Å². The Hall–Kier alpha value is -2.29. The van der Waals surface area contributed by atoms with E-state index in [1.54, 1.807) is 25.1 Å². The van der Waals surface area contributed by atoms with Gasteiger partial charge in [-0.25, -0.2) is 13.2 Å². The van der Waals surface area contributed by atoms with E-state index >= 15 is 0 Å². The van der Waals surface area contributed by atoms with E-state index in [9.17, 15) is 13.2 Å². The van der Waals surface area contributed by atoms with Crippen LogP contribution < -0.4 is 15.8 Å². The van der Waals surface area contributed by atoms with Crippen molar-refractivity contribution in [3.63, 3.8) is 0 Å². The summed E-state index contributed by atoms with van der Waals surface area (Å²) < 4.78 is 31.4. The fraction of sp³-hybridized carbons (Fsp3) is 0.529. The van der Waals surface area contributed by atoms with E-state index in [0.717, 1.165) is 0 Å². The first kappa shape index (κ1) is 18.5. The van der Waals surface area contributed by atoms with E-state index in [1.807, 2.05) is 6.92 Å². The molecule has 0 fully saturated rings. The lowest BCUT2D eigenvalue weighted by molar-refractivity contribution is 0.199. The van der Waals surface area contributed by atoms with Crippen LogP contribution in [0.5, 0.6) is 5.75 Å². The molecule has 2 heterocycles. The van der Waals surface area contributed by atoms with E-state index in [1.165, 1.54) is 13.8 Å². The Bertz CT molecular complexity index is 909. The lowest BCUT2D eigenvalue weighted by atomic mass is 9.85. The minimum Gasteiger partial charge on any atom is -0.490 e. The standard InChI is InChI=1S/C17H23N3O5S/c1-9-7-13-17(4,11-8-10(18)5-6-12(11)25-9)20-14(19-15(21)22)16(2,3)26(13,23)24/h5-6,8-9,13H,7,18H2,1-4H3,(H,19,20)(H,21,22)/t9-,13-,17+/m0/s1. The summed E-state index contributed by atoms with van der Waals surface area (Å²) in [4.78, 5) is 15.8. The highest BCUT2D eigenvalue weighted by atomic mass is 32.2. The largest absolute Gasteiger partial charge is 0.490 e. The molecular weight excluding hydrogens is 358 g/mol. The number of amides is 1. The minimum atomic E-state index is -3.80. The van der Waals surface area contributed by atoms with E-state index in [4.69, 9.17) is 15.6 Å². The molecule has 0 saturated heterocycles. The van der Waals surface area contributed by atoms with Crippen LogP contribution in [0.15, 0.2) is 23.2 Å². The van der Waals surface area contributed by atoms with Gasteiger partial charge in [0.15, 0.2) is 9.84 Å². The van der Waals surface area contributed by atoms with Gasteiger partial charge in [-0.2, -0.15) is 0 Å². The Morgan fingerprint density at radius 2 is 2.04 bits per heavy atom. The number of hydrogen-bond acceptors (Lipinski definition) is 6. The number of hydrogen-bond donors (Lipinski definition) is 3. The third-order valence-electron chi connectivity index (χ3n) is 5.28. The van der Waals surface area contributed by atoms with Gasteiger partial charge in [-0.1, -0.05) is 0 Å². The van der Waals surface area contributed by atoms with Gasteiger partial charge in [0.05, 0.1) is 11.4 Å². The van der Waals surface area contributed by atoms with Crippen molar-refractivity contribution in [2.45, 2.75) is 55.8 Å². The summed E-state index contributed by atoms with van der Waals surface area (Å²) in [6.07, 6.45) is -1.47. The quantitative estimate of drug-likeness (QED) is 0.588. The molecule has 3 rings (SSSR count). The predicted molar refractivity (Wildman–Crippen MR) is 98.3 cm³/mol. The van der Waals surface area contributed by atoms with Crippen molar-refractivity contribution in [3.8, 4) is 5.75 Å². The predicted octanol–water partition coefficient (Wildman–Crippen LogP) is 1.90. The fourth-order valence-electron chi connectivity index (χ4n) is 3.71. The normalized spacial score (nSPS) is 31.5. The summed E-state index contributed by atoms with van der Waals surface area (Å²) in [5.41, 5.74) is 5.69. The van der Waals surface area contributed by atoms with Gasteiger partial charge < -0.3 is 15.6 Å². The van der Waals surface area contributed by atoms with Crippen molar-refractivity contribution in [3.05, 3.63) is 23.8 Å². The Morgan fingerprint density at radius 1 is 1.38 bits per heavy atom. The van der Waals surface area contributed by atoms with Crippen molar-refractivity contribution in [2.24, 2.45) is 4.99 Å². The fourth-order valence-corrected chi connectivity index (χ4v) is 6.10. The molecule has 0 spiro atoms. The number of sulfone groups is 1. The average molecular weight is 381 g/mol. The molecule has 9 heteroatoms. The summed E-state index contributed by atoms with van der Waals surface area (Å²) in [6, 6.07) is 5.02. The van der Waals surface area contributed by atoms with Crippen molar-refractivity contribution in [1.29, 1.82) is 0 Å². The van der Waals surface area contributed by atoms with Gasteiger partial charge in [0.25, 0.3) is 0 Å². The van der Waals surface area contributed by atoms with Crippen molar-refractivity contribution >= 4 is 27.5 Å². The molecule has 0 radical (unpaired) electrons. The molecular formula is C17H23N3O5S. The smallest absolute Gasteiger partial charge is 0.410 e. The summed E-state index contributed by atoms with van der Waals surface area (Å²) in [6.45, 7) is 6.43. The number of amidine groups is 1. The number of benzene rings is 1. The van der Waals surface area contributed by atoms with Gasteiger partial charge in [-0.15, -0.1) is 0 Å². The van der Waals surface area contributed by atoms with Gasteiger partial charge in [0.2, 0.25) is 0 Å². The van der Waals surface area contributed by atoms with Crippen molar-refractivity contribution in [1.82, 2.24) is 5.32 Å². The second-order valence-electron chi connectivity index (χ2n) is 7.50. The molecule has 4 N–H and O–H groups in total. The number of nitrogens with two attached hydrogens (primary N) is 1. The maximum Gasteiger partial charge on any atom is 0.410 e. The van der Waals surface area contributed by atoms with Gasteiger partial charge in [0, 0.05) is 17.7 Å². The molecule has 1 aromatic carbocycles. The minimum absolute atomic E-state index is 0.105. The Balaban J connectivity index is 2.35. The molecule has 8 nitrogen and oxygen atoms in total. The number of fused-ring (bicyclic) bond motifs is 3. The van der Waals surface area contributed by atoms with Crippen LogP contribution in [-0.4, -0.2) is 41.6 Å². The zero-order valence-electron chi connectivity index (χ0n) is 15.1. The van der Waals surface area contributed by atoms with Crippen molar-refractivity contribution < 1.29 is 23.1 Å². The van der Waals surface area contributed by atoms with Crippen LogP contribution in [0.3, 0.4) is 0 Å². The number of nitrogens with one attached hydrogen (secondary N) is 1. The van der Waals surface area contributed by atoms with Crippen molar-refractivity contribution in [2.75, 3.05) is 5.73 Å². The number of aliphatic imine (C=N–C) groups is 1. The number of carboxylic acid groups (broad SMARTS) is 1. The first-order chi connectivity index (χ1) is 11.9. The van der Waals surface area contributed by atoms with Crippen LogP contribution in [-0.2, 0) is 15.4 Å². The highest BCUT2D eigenvalue weighted by molar-refractivity contribution is 7.94. The van der Waals surface area contributed by atoms with Gasteiger partial charge >= 0.3 is 6.09 Å². The molecule has 0 saturated carbocycles. The molecule has 142 valence electrons. The monoisotopic (exact) mass is 381 g/mol. The summed E-state index contributed by atoms with van der Waals surface area (Å²) >= 11 is 0. The number of nitrogens with zero attached hydrogens (tertiary/aromatic N) is 1. The van der Waals surface area contributed by atoms with Gasteiger partial charge in [0.1, 0.15) is 21.9 Å². The van der Waals surface area contributed by atoms with E-state index < -0.39 is 31.5 Å². The number of anilines is 1.